The maximum absolute atomic E-state index is 11.7. The number of hydrogen-bond donors (Lipinski definition) is 1. The van der Waals surface area contributed by atoms with Crippen molar-refractivity contribution in [2.45, 2.75) is 19.9 Å². The predicted molar refractivity (Wildman–Crippen MR) is 68.8 cm³/mol. The van der Waals surface area contributed by atoms with Crippen LogP contribution in [0.4, 0.5) is 0 Å². The van der Waals surface area contributed by atoms with E-state index < -0.39 is 11.9 Å². The second kappa shape index (κ2) is 5.73. The summed E-state index contributed by atoms with van der Waals surface area (Å²) in [6.45, 7) is 3.28. The lowest BCUT2D eigenvalue weighted by Gasteiger charge is -2.16. The van der Waals surface area contributed by atoms with Crippen LogP contribution in [0.5, 0.6) is 5.75 Å². The molecule has 0 unspecified atom stereocenters. The highest BCUT2D eigenvalue weighted by atomic mass is 16.5. The van der Waals surface area contributed by atoms with Crippen LogP contribution in [0.3, 0.4) is 0 Å². The first kappa shape index (κ1) is 13.4. The van der Waals surface area contributed by atoms with E-state index in [0.717, 1.165) is 11.3 Å². The SMILES string of the molecule is CCOc1ccc(CN2C[C@H](C(=O)O)CC2=O)cc1. The van der Waals surface area contributed by atoms with Gasteiger partial charge in [-0.15, -0.1) is 0 Å². The quantitative estimate of drug-likeness (QED) is 0.874. The maximum Gasteiger partial charge on any atom is 0.308 e. The molecule has 1 atom stereocenters. The summed E-state index contributed by atoms with van der Waals surface area (Å²) in [6, 6.07) is 7.50. The van der Waals surface area contributed by atoms with E-state index in [4.69, 9.17) is 9.84 Å². The van der Waals surface area contributed by atoms with Crippen LogP contribution in [0.1, 0.15) is 18.9 Å². The Labute approximate surface area is 111 Å². The molecule has 1 aromatic rings. The normalized spacial score (nSPS) is 18.7. The Morgan fingerprint density at radius 2 is 2.11 bits per heavy atom. The van der Waals surface area contributed by atoms with Gasteiger partial charge in [0.1, 0.15) is 5.75 Å². The predicted octanol–water partition coefficient (Wildman–Crippen LogP) is 1.52. The monoisotopic (exact) mass is 263 g/mol. The van der Waals surface area contributed by atoms with Crippen molar-refractivity contribution in [1.82, 2.24) is 4.90 Å². The van der Waals surface area contributed by atoms with Gasteiger partial charge in [0.25, 0.3) is 0 Å². The van der Waals surface area contributed by atoms with Gasteiger partial charge in [-0.3, -0.25) is 9.59 Å². The Bertz CT molecular complexity index is 469. The molecule has 0 spiro atoms. The first-order valence-corrected chi connectivity index (χ1v) is 6.32. The van der Waals surface area contributed by atoms with Crippen LogP contribution in [0.2, 0.25) is 0 Å². The molecule has 1 aromatic carbocycles. The molecule has 1 amide bonds. The third-order valence-electron chi connectivity index (χ3n) is 3.17. The van der Waals surface area contributed by atoms with Crippen molar-refractivity contribution >= 4 is 11.9 Å². The van der Waals surface area contributed by atoms with Crippen molar-refractivity contribution in [3.05, 3.63) is 29.8 Å². The van der Waals surface area contributed by atoms with E-state index in [2.05, 4.69) is 0 Å². The van der Waals surface area contributed by atoms with Gasteiger partial charge >= 0.3 is 5.97 Å². The number of carbonyl (C=O) groups is 2. The lowest BCUT2D eigenvalue weighted by Crippen LogP contribution is -2.25. The van der Waals surface area contributed by atoms with Gasteiger partial charge in [0.05, 0.1) is 12.5 Å². The van der Waals surface area contributed by atoms with Crippen LogP contribution in [-0.2, 0) is 16.1 Å². The van der Waals surface area contributed by atoms with Gasteiger partial charge in [0.2, 0.25) is 5.91 Å². The first-order valence-electron chi connectivity index (χ1n) is 6.32. The standard InChI is InChI=1S/C14H17NO4/c1-2-19-12-5-3-10(4-6-12)8-15-9-11(14(17)18)7-13(15)16/h3-6,11H,2,7-9H2,1H3,(H,17,18)/t11-/m1/s1. The molecule has 2 rings (SSSR count). The van der Waals surface area contributed by atoms with Crippen LogP contribution >= 0.6 is 0 Å². The Kier molecular flexibility index (Phi) is 4.04. The average molecular weight is 263 g/mol. The number of carboxylic acids is 1. The molecule has 1 heterocycles. The number of ether oxygens (including phenoxy) is 1. The maximum atomic E-state index is 11.7. The number of carbonyl (C=O) groups excluding carboxylic acids is 1. The molecule has 5 heteroatoms. The second-order valence-corrected chi connectivity index (χ2v) is 4.59. The van der Waals surface area contributed by atoms with E-state index in [0.29, 0.717) is 19.7 Å². The molecule has 1 saturated heterocycles. The van der Waals surface area contributed by atoms with Crippen molar-refractivity contribution in [3.63, 3.8) is 0 Å². The van der Waals surface area contributed by atoms with Crippen molar-refractivity contribution in [1.29, 1.82) is 0 Å². The highest BCUT2D eigenvalue weighted by Crippen LogP contribution is 2.21. The summed E-state index contributed by atoms with van der Waals surface area (Å²) in [4.78, 5) is 24.2. The fourth-order valence-corrected chi connectivity index (χ4v) is 2.17. The van der Waals surface area contributed by atoms with Crippen molar-refractivity contribution in [2.75, 3.05) is 13.2 Å². The molecule has 0 aromatic heterocycles. The molecule has 1 N–H and O–H groups in total. The van der Waals surface area contributed by atoms with Gasteiger partial charge in [-0.2, -0.15) is 0 Å². The zero-order valence-electron chi connectivity index (χ0n) is 10.8. The van der Waals surface area contributed by atoms with Gasteiger partial charge in [-0.25, -0.2) is 0 Å². The molecule has 0 saturated carbocycles. The Balaban J connectivity index is 1.97. The van der Waals surface area contributed by atoms with Gasteiger partial charge in [-0.1, -0.05) is 12.1 Å². The zero-order chi connectivity index (χ0) is 13.8. The Morgan fingerprint density at radius 1 is 1.42 bits per heavy atom. The molecule has 1 aliphatic heterocycles. The van der Waals surface area contributed by atoms with Crippen molar-refractivity contribution in [2.24, 2.45) is 5.92 Å². The lowest BCUT2D eigenvalue weighted by atomic mass is 10.1. The van der Waals surface area contributed by atoms with Crippen LogP contribution < -0.4 is 4.74 Å². The Morgan fingerprint density at radius 3 is 2.63 bits per heavy atom. The molecule has 0 aliphatic carbocycles. The lowest BCUT2D eigenvalue weighted by molar-refractivity contribution is -0.141. The van der Waals surface area contributed by atoms with E-state index in [1.807, 2.05) is 31.2 Å². The van der Waals surface area contributed by atoms with Gasteiger partial charge < -0.3 is 14.7 Å². The van der Waals surface area contributed by atoms with Gasteiger partial charge in [-0.05, 0) is 24.6 Å². The highest BCUT2D eigenvalue weighted by molar-refractivity contribution is 5.86. The highest BCUT2D eigenvalue weighted by Gasteiger charge is 2.33. The number of amides is 1. The third kappa shape index (κ3) is 3.24. The smallest absolute Gasteiger partial charge is 0.308 e. The summed E-state index contributed by atoms with van der Waals surface area (Å²) in [5, 5.41) is 8.91. The zero-order valence-corrected chi connectivity index (χ0v) is 10.8. The number of hydrogen-bond acceptors (Lipinski definition) is 3. The summed E-state index contributed by atoms with van der Waals surface area (Å²) in [6.07, 6.45) is 0.104. The topological polar surface area (TPSA) is 66.8 Å². The van der Waals surface area contributed by atoms with Crippen molar-refractivity contribution in [3.8, 4) is 5.75 Å². The summed E-state index contributed by atoms with van der Waals surface area (Å²) in [5.41, 5.74) is 0.975. The van der Waals surface area contributed by atoms with E-state index in [9.17, 15) is 9.59 Å². The molecule has 0 radical (unpaired) electrons. The number of benzene rings is 1. The summed E-state index contributed by atoms with van der Waals surface area (Å²) in [7, 11) is 0. The van der Waals surface area contributed by atoms with E-state index in [1.165, 1.54) is 0 Å². The minimum absolute atomic E-state index is 0.0960. The summed E-state index contributed by atoms with van der Waals surface area (Å²) < 4.78 is 5.34. The van der Waals surface area contributed by atoms with Gasteiger partial charge in [0, 0.05) is 19.5 Å². The average Bonchev–Trinajstić information content (AvgIpc) is 2.74. The van der Waals surface area contributed by atoms with Crippen LogP contribution in [0.15, 0.2) is 24.3 Å². The van der Waals surface area contributed by atoms with E-state index in [1.54, 1.807) is 4.90 Å². The fraction of sp³-hybridized carbons (Fsp3) is 0.429. The second-order valence-electron chi connectivity index (χ2n) is 4.59. The van der Waals surface area contributed by atoms with Crippen molar-refractivity contribution < 1.29 is 19.4 Å². The molecule has 5 nitrogen and oxygen atoms in total. The van der Waals surface area contributed by atoms with E-state index in [-0.39, 0.29) is 12.3 Å². The molecule has 102 valence electrons. The number of carboxylic acid groups (broad SMARTS) is 1. The van der Waals surface area contributed by atoms with Crippen LogP contribution in [0, 0.1) is 5.92 Å². The minimum Gasteiger partial charge on any atom is -0.494 e. The van der Waals surface area contributed by atoms with Gasteiger partial charge in [0.15, 0.2) is 0 Å². The number of rotatable bonds is 5. The molecule has 0 bridgehead atoms. The number of aliphatic carboxylic acids is 1. The number of likely N-dealkylation sites (tertiary alicyclic amines) is 1. The minimum atomic E-state index is -0.900. The number of nitrogens with zero attached hydrogens (tertiary/aromatic N) is 1. The Hall–Kier alpha value is -2.04. The molecule has 1 aliphatic rings. The first-order chi connectivity index (χ1) is 9.10. The molecule has 1 fully saturated rings. The van der Waals surface area contributed by atoms with Crippen LogP contribution in [0.25, 0.3) is 0 Å². The molecular weight excluding hydrogens is 246 g/mol. The summed E-state index contributed by atoms with van der Waals surface area (Å²) in [5.74, 6) is -0.776. The third-order valence-corrected chi connectivity index (χ3v) is 3.17. The molecule has 19 heavy (non-hydrogen) atoms. The molecular formula is C14H17NO4. The van der Waals surface area contributed by atoms with Crippen LogP contribution in [-0.4, -0.2) is 35.0 Å². The summed E-state index contributed by atoms with van der Waals surface area (Å²) >= 11 is 0. The fourth-order valence-electron chi connectivity index (χ4n) is 2.17. The largest absolute Gasteiger partial charge is 0.494 e. The van der Waals surface area contributed by atoms with E-state index >= 15 is 0 Å².